The van der Waals surface area contributed by atoms with Crippen LogP contribution in [0.15, 0.2) is 96.2 Å². The van der Waals surface area contributed by atoms with E-state index in [9.17, 15) is 0 Å². The van der Waals surface area contributed by atoms with Crippen LogP contribution in [0.25, 0.3) is 0 Å². The van der Waals surface area contributed by atoms with Gasteiger partial charge in [0, 0.05) is 0 Å². The Balaban J connectivity index is 1.33. The molecule has 3 heterocycles. The van der Waals surface area contributed by atoms with Crippen molar-refractivity contribution < 1.29 is 0 Å². The second-order valence-electron chi connectivity index (χ2n) is 13.0. The minimum atomic E-state index is -1.76. The van der Waals surface area contributed by atoms with Crippen LogP contribution in [0.2, 0.25) is 12.1 Å². The molecule has 0 aromatic heterocycles. The van der Waals surface area contributed by atoms with Gasteiger partial charge in [0.25, 0.3) is 0 Å². The normalized spacial score (nSPS) is 19.1. The summed E-state index contributed by atoms with van der Waals surface area (Å²) in [6.45, 7) is 10.2. The summed E-state index contributed by atoms with van der Waals surface area (Å²) >= 11 is 0.305. The van der Waals surface area contributed by atoms with Gasteiger partial charge in [-0.15, -0.1) is 0 Å². The zero-order chi connectivity index (χ0) is 27.9. The van der Waals surface area contributed by atoms with Crippen molar-refractivity contribution in [3.8, 4) is 0 Å². The molecule has 41 heavy (non-hydrogen) atoms. The van der Waals surface area contributed by atoms with Gasteiger partial charge in [-0.25, -0.2) is 0 Å². The average molecular weight is 615 g/mol. The molecule has 0 amide bonds. The van der Waals surface area contributed by atoms with E-state index in [-0.39, 0.29) is 5.41 Å². The molecule has 8 rings (SSSR count). The van der Waals surface area contributed by atoms with Gasteiger partial charge >= 0.3 is 254 Å². The van der Waals surface area contributed by atoms with Crippen molar-refractivity contribution in [3.05, 3.63) is 102 Å². The molecule has 4 aromatic carbocycles. The Bertz CT molecular complexity index is 1750. The fourth-order valence-electron chi connectivity index (χ4n) is 8.88. The Morgan fingerprint density at radius 3 is 2.39 bits per heavy atom. The topological polar surface area (TPSA) is 3.24 Å². The van der Waals surface area contributed by atoms with Crippen LogP contribution in [0, 0.1) is 0 Å². The number of hydrogen-bond donors (Lipinski definition) is 0. The summed E-state index contributed by atoms with van der Waals surface area (Å²) in [6, 6.07) is 36.2. The van der Waals surface area contributed by atoms with Crippen LogP contribution in [0.5, 0.6) is 0 Å². The van der Waals surface area contributed by atoms with E-state index < -0.39 is 8.07 Å². The first-order valence-corrected chi connectivity index (χ1v) is 19.8. The fourth-order valence-corrected chi connectivity index (χ4v) is 16.3. The third-order valence-corrected chi connectivity index (χ3v) is 18.7. The summed E-state index contributed by atoms with van der Waals surface area (Å²) in [7, 11) is -1.76. The number of allylic oxidation sites excluding steroid dienone is 2. The first-order valence-electron chi connectivity index (χ1n) is 15.7. The molecule has 0 N–H and O–H groups in total. The molecular weight excluding hydrogens is 576 g/mol. The average Bonchev–Trinajstić information content (AvgIpc) is 3.01. The van der Waals surface area contributed by atoms with Gasteiger partial charge in [0.2, 0.25) is 0 Å². The molecule has 0 spiro atoms. The molecule has 0 saturated heterocycles. The predicted molar refractivity (Wildman–Crippen MR) is 182 cm³/mol. The summed E-state index contributed by atoms with van der Waals surface area (Å²) in [5.41, 5.74) is 12.4. The summed E-state index contributed by atoms with van der Waals surface area (Å²) in [4.78, 5) is 2.65. The summed E-state index contributed by atoms with van der Waals surface area (Å²) in [6.07, 6.45) is 5.00. The van der Waals surface area contributed by atoms with Gasteiger partial charge < -0.3 is 0 Å². The van der Waals surface area contributed by atoms with Gasteiger partial charge in [-0.2, -0.15) is 0 Å². The van der Waals surface area contributed by atoms with Gasteiger partial charge in [0.15, 0.2) is 0 Å². The molecule has 0 unspecified atom stereocenters. The Hall–Kier alpha value is -2.78. The maximum absolute atomic E-state index is 2.65. The van der Waals surface area contributed by atoms with Crippen molar-refractivity contribution >= 4 is 76.8 Å². The second-order valence-corrected chi connectivity index (χ2v) is 19.9. The van der Waals surface area contributed by atoms with E-state index in [2.05, 4.69) is 118 Å². The molecule has 4 heteroatoms. The van der Waals surface area contributed by atoms with E-state index in [1.807, 2.05) is 0 Å². The monoisotopic (exact) mass is 615 g/mol. The standard InChI is InChI=1S/C37H38BNSeSi/c1-5-41(6-2)34-20-12-9-16-29(34)38-28-23-22-25(24-33(28)40-32-19-13-21-35(41)36(32)38)39-30-17-10-7-14-26(30)37(3,4)27-15-8-11-18-31(27)39/h7,9-10,12-14,16-17,19-24H,5-6,8,11,15,18H2,1-4H3. The third kappa shape index (κ3) is 3.48. The quantitative estimate of drug-likeness (QED) is 0.274. The van der Waals surface area contributed by atoms with Crippen LogP contribution in [-0.2, 0) is 5.41 Å². The van der Waals surface area contributed by atoms with Crippen LogP contribution in [0.1, 0.15) is 58.9 Å². The molecule has 204 valence electrons. The van der Waals surface area contributed by atoms with Gasteiger partial charge in [0.05, 0.1) is 0 Å². The number of fused-ring (bicyclic) bond motifs is 5. The van der Waals surface area contributed by atoms with Gasteiger partial charge in [-0.1, -0.05) is 0 Å². The van der Waals surface area contributed by atoms with Crippen molar-refractivity contribution in [1.82, 2.24) is 0 Å². The van der Waals surface area contributed by atoms with E-state index in [1.54, 1.807) is 47.0 Å². The fraction of sp³-hybridized carbons (Fsp3) is 0.297. The van der Waals surface area contributed by atoms with Crippen LogP contribution in [-0.4, -0.2) is 29.7 Å². The molecule has 4 aromatic rings. The molecule has 0 atom stereocenters. The number of para-hydroxylation sites is 1. The molecule has 0 fully saturated rings. The van der Waals surface area contributed by atoms with E-state index in [4.69, 9.17) is 0 Å². The molecule has 1 aliphatic carbocycles. The zero-order valence-corrected chi connectivity index (χ0v) is 27.5. The molecule has 0 bridgehead atoms. The Labute approximate surface area is 253 Å². The number of benzene rings is 4. The molecule has 0 saturated carbocycles. The predicted octanol–water partition coefficient (Wildman–Crippen LogP) is 4.34. The SMILES string of the molecule is CC[Si]1(CC)c2ccccc2B2c3ccc(N4C5=C(CCCC5)C(C)(C)c5ccccc54)cc3[Se]c3cccc1c32. The van der Waals surface area contributed by atoms with Crippen molar-refractivity contribution in [2.45, 2.75) is 70.9 Å². The number of rotatable bonds is 3. The van der Waals surface area contributed by atoms with Gasteiger partial charge in [0.1, 0.15) is 0 Å². The second kappa shape index (κ2) is 9.36. The molecule has 4 aliphatic rings. The maximum atomic E-state index is 2.65. The molecule has 0 radical (unpaired) electrons. The van der Waals surface area contributed by atoms with Crippen LogP contribution in [0.4, 0.5) is 11.4 Å². The van der Waals surface area contributed by atoms with E-state index in [0.717, 1.165) is 0 Å². The number of nitrogens with zero attached hydrogens (tertiary/aromatic N) is 1. The summed E-state index contributed by atoms with van der Waals surface area (Å²) in [5, 5.41) is 3.41. The zero-order valence-electron chi connectivity index (χ0n) is 24.8. The van der Waals surface area contributed by atoms with E-state index >= 15 is 0 Å². The third-order valence-electron chi connectivity index (χ3n) is 10.9. The van der Waals surface area contributed by atoms with Gasteiger partial charge in [-0.05, 0) is 0 Å². The Morgan fingerprint density at radius 2 is 1.54 bits per heavy atom. The Morgan fingerprint density at radius 1 is 0.780 bits per heavy atom. The first kappa shape index (κ1) is 25.9. The Kier molecular flexibility index (Phi) is 5.91. The molecule has 3 aliphatic heterocycles. The van der Waals surface area contributed by atoms with Crippen molar-refractivity contribution in [2.75, 3.05) is 4.90 Å². The van der Waals surface area contributed by atoms with Crippen molar-refractivity contribution in [3.63, 3.8) is 0 Å². The first-order chi connectivity index (χ1) is 20.0. The van der Waals surface area contributed by atoms with Crippen LogP contribution < -0.4 is 40.6 Å². The van der Waals surface area contributed by atoms with Gasteiger partial charge in [-0.3, -0.25) is 0 Å². The molecule has 1 nitrogen and oxygen atoms in total. The van der Waals surface area contributed by atoms with E-state index in [1.165, 1.54) is 54.7 Å². The van der Waals surface area contributed by atoms with E-state index in [0.29, 0.717) is 21.7 Å². The number of hydrogen-bond acceptors (Lipinski definition) is 1. The minimum absolute atomic E-state index is 0.0943. The van der Waals surface area contributed by atoms with Crippen molar-refractivity contribution in [1.29, 1.82) is 0 Å². The molecular formula is C37H38BNSeSi. The van der Waals surface area contributed by atoms with Crippen LogP contribution in [0.3, 0.4) is 0 Å². The van der Waals surface area contributed by atoms with Crippen molar-refractivity contribution in [2.24, 2.45) is 0 Å². The number of anilines is 2. The van der Waals surface area contributed by atoms with Crippen LogP contribution >= 0.6 is 0 Å². The summed E-state index contributed by atoms with van der Waals surface area (Å²) < 4.78 is 3.19. The summed E-state index contributed by atoms with van der Waals surface area (Å²) in [5.74, 6) is 0.